The van der Waals surface area contributed by atoms with Crippen molar-refractivity contribution in [2.45, 2.75) is 6.54 Å². The molecule has 0 aliphatic rings. The van der Waals surface area contributed by atoms with Crippen LogP contribution in [0.15, 0.2) is 35.1 Å². The SMILES string of the molecule is Cn1c(CN)nc(-c2cn(C)c3ccccc23)c1Br. The average Bonchev–Trinajstić information content (AvgIpc) is 2.90. The predicted molar refractivity (Wildman–Crippen MR) is 80.7 cm³/mol. The fourth-order valence-electron chi connectivity index (χ4n) is 2.41. The van der Waals surface area contributed by atoms with Gasteiger partial charge in [-0.1, -0.05) is 18.2 Å². The molecule has 1 aromatic carbocycles. The Morgan fingerprint density at radius 1 is 1.26 bits per heavy atom. The van der Waals surface area contributed by atoms with Crippen LogP contribution in [-0.2, 0) is 20.6 Å². The van der Waals surface area contributed by atoms with E-state index in [9.17, 15) is 0 Å². The molecule has 19 heavy (non-hydrogen) atoms. The minimum atomic E-state index is 0.430. The molecule has 0 saturated heterocycles. The van der Waals surface area contributed by atoms with Crippen LogP contribution < -0.4 is 5.73 Å². The van der Waals surface area contributed by atoms with Gasteiger partial charge in [0, 0.05) is 36.8 Å². The third-order valence-corrected chi connectivity index (χ3v) is 4.36. The van der Waals surface area contributed by atoms with Crippen molar-refractivity contribution < 1.29 is 0 Å². The molecule has 0 saturated carbocycles. The molecule has 4 nitrogen and oxygen atoms in total. The molecule has 2 N–H and O–H groups in total. The average molecular weight is 319 g/mol. The summed E-state index contributed by atoms with van der Waals surface area (Å²) in [4.78, 5) is 4.64. The third kappa shape index (κ3) is 1.81. The molecule has 0 radical (unpaired) electrons. The Bertz CT molecular complexity index is 754. The van der Waals surface area contributed by atoms with Gasteiger partial charge in [0.25, 0.3) is 0 Å². The van der Waals surface area contributed by atoms with Crippen molar-refractivity contribution in [1.82, 2.24) is 14.1 Å². The second-order valence-corrected chi connectivity index (χ2v) is 5.35. The summed E-state index contributed by atoms with van der Waals surface area (Å²) >= 11 is 3.61. The van der Waals surface area contributed by atoms with Crippen LogP contribution in [0.25, 0.3) is 22.2 Å². The second kappa shape index (κ2) is 4.51. The highest BCUT2D eigenvalue weighted by Gasteiger charge is 2.17. The molecule has 98 valence electrons. The van der Waals surface area contributed by atoms with Crippen LogP contribution in [-0.4, -0.2) is 14.1 Å². The Balaban J connectivity index is 2.31. The van der Waals surface area contributed by atoms with Gasteiger partial charge in [-0.3, -0.25) is 0 Å². The van der Waals surface area contributed by atoms with Crippen LogP contribution in [0.5, 0.6) is 0 Å². The van der Waals surface area contributed by atoms with E-state index in [1.165, 1.54) is 10.9 Å². The molecular formula is C14H15BrN4. The lowest BCUT2D eigenvalue weighted by Crippen LogP contribution is -2.04. The number of hydrogen-bond donors (Lipinski definition) is 1. The van der Waals surface area contributed by atoms with Gasteiger partial charge in [-0.05, 0) is 22.0 Å². The van der Waals surface area contributed by atoms with Crippen molar-refractivity contribution in [3.63, 3.8) is 0 Å². The smallest absolute Gasteiger partial charge is 0.123 e. The number of aryl methyl sites for hydroxylation is 1. The van der Waals surface area contributed by atoms with Crippen LogP contribution in [0.1, 0.15) is 5.82 Å². The van der Waals surface area contributed by atoms with Crippen molar-refractivity contribution in [2.75, 3.05) is 0 Å². The van der Waals surface area contributed by atoms with Crippen molar-refractivity contribution >= 4 is 26.8 Å². The van der Waals surface area contributed by atoms with Gasteiger partial charge in [0.15, 0.2) is 0 Å². The van der Waals surface area contributed by atoms with E-state index in [4.69, 9.17) is 5.73 Å². The van der Waals surface area contributed by atoms with E-state index in [0.717, 1.165) is 21.7 Å². The first-order valence-corrected chi connectivity index (χ1v) is 6.88. The lowest BCUT2D eigenvalue weighted by Gasteiger charge is -1.98. The number of nitrogens with zero attached hydrogens (tertiary/aromatic N) is 3. The summed E-state index contributed by atoms with van der Waals surface area (Å²) in [5.74, 6) is 0.870. The summed E-state index contributed by atoms with van der Waals surface area (Å²) in [6.45, 7) is 0.430. The number of imidazole rings is 1. The number of nitrogens with two attached hydrogens (primary N) is 1. The molecule has 0 aliphatic carbocycles. The standard InChI is InChI=1S/C14H15BrN4/c1-18-8-10(9-5-3-4-6-11(9)18)13-14(15)19(2)12(7-16)17-13/h3-6,8H,7,16H2,1-2H3. The molecule has 2 aromatic heterocycles. The molecule has 0 amide bonds. The zero-order valence-electron chi connectivity index (χ0n) is 10.9. The van der Waals surface area contributed by atoms with Crippen molar-refractivity contribution in [2.24, 2.45) is 19.8 Å². The third-order valence-electron chi connectivity index (χ3n) is 3.45. The second-order valence-electron chi connectivity index (χ2n) is 4.60. The number of halogens is 1. The van der Waals surface area contributed by atoms with Gasteiger partial charge in [-0.15, -0.1) is 0 Å². The van der Waals surface area contributed by atoms with Crippen LogP contribution in [0, 0.1) is 0 Å². The number of para-hydroxylation sites is 1. The maximum absolute atomic E-state index is 5.72. The lowest BCUT2D eigenvalue weighted by atomic mass is 10.1. The number of aromatic nitrogens is 3. The van der Waals surface area contributed by atoms with Gasteiger partial charge in [-0.25, -0.2) is 4.98 Å². The van der Waals surface area contributed by atoms with E-state index < -0.39 is 0 Å². The molecule has 0 bridgehead atoms. The lowest BCUT2D eigenvalue weighted by molar-refractivity contribution is 0.781. The van der Waals surface area contributed by atoms with E-state index in [-0.39, 0.29) is 0 Å². The predicted octanol–water partition coefficient (Wildman–Crippen LogP) is 2.80. The quantitative estimate of drug-likeness (QED) is 0.789. The normalized spacial score (nSPS) is 11.4. The maximum Gasteiger partial charge on any atom is 0.123 e. The van der Waals surface area contributed by atoms with Crippen molar-refractivity contribution in [1.29, 1.82) is 0 Å². The van der Waals surface area contributed by atoms with Gasteiger partial charge in [0.05, 0.1) is 6.54 Å². The zero-order valence-corrected chi connectivity index (χ0v) is 12.5. The summed E-state index contributed by atoms with van der Waals surface area (Å²) in [5.41, 5.74) is 8.99. The van der Waals surface area contributed by atoms with Gasteiger partial charge in [0.2, 0.25) is 0 Å². The van der Waals surface area contributed by atoms with Crippen LogP contribution in [0.3, 0.4) is 0 Å². The highest BCUT2D eigenvalue weighted by molar-refractivity contribution is 9.10. The molecule has 3 aromatic rings. The number of rotatable bonds is 2. The summed E-state index contributed by atoms with van der Waals surface area (Å²) < 4.78 is 5.06. The largest absolute Gasteiger partial charge is 0.350 e. The molecule has 2 heterocycles. The van der Waals surface area contributed by atoms with Crippen LogP contribution in [0.2, 0.25) is 0 Å². The first-order valence-electron chi connectivity index (χ1n) is 6.09. The molecule has 0 unspecified atom stereocenters. The Hall–Kier alpha value is -1.59. The molecule has 3 rings (SSSR count). The molecular weight excluding hydrogens is 304 g/mol. The molecule has 0 fully saturated rings. The minimum absolute atomic E-state index is 0.430. The van der Waals surface area contributed by atoms with Gasteiger partial charge in [-0.2, -0.15) is 0 Å². The monoisotopic (exact) mass is 318 g/mol. The molecule has 0 atom stereocenters. The molecule has 5 heteroatoms. The van der Waals surface area contributed by atoms with E-state index in [1.54, 1.807) is 0 Å². The fraction of sp³-hybridized carbons (Fsp3) is 0.214. The Morgan fingerprint density at radius 2 is 2.00 bits per heavy atom. The van der Waals surface area contributed by atoms with Crippen molar-refractivity contribution in [3.05, 3.63) is 40.9 Å². The molecule has 0 aliphatic heterocycles. The topological polar surface area (TPSA) is 48.8 Å². The number of hydrogen-bond acceptors (Lipinski definition) is 2. The maximum atomic E-state index is 5.72. The number of benzene rings is 1. The minimum Gasteiger partial charge on any atom is -0.350 e. The first-order chi connectivity index (χ1) is 9.13. The van der Waals surface area contributed by atoms with Gasteiger partial charge >= 0.3 is 0 Å². The first kappa shape index (κ1) is 12.4. The molecule has 0 spiro atoms. The Kier molecular flexibility index (Phi) is 2.95. The fourth-order valence-corrected chi connectivity index (χ4v) is 2.91. The van der Waals surface area contributed by atoms with E-state index in [1.807, 2.05) is 30.8 Å². The van der Waals surface area contributed by atoms with E-state index in [2.05, 4.69) is 43.8 Å². The van der Waals surface area contributed by atoms with E-state index in [0.29, 0.717) is 6.54 Å². The van der Waals surface area contributed by atoms with Gasteiger partial charge < -0.3 is 14.9 Å². The van der Waals surface area contributed by atoms with E-state index >= 15 is 0 Å². The highest BCUT2D eigenvalue weighted by Crippen LogP contribution is 2.34. The summed E-state index contributed by atoms with van der Waals surface area (Å²) in [7, 11) is 4.01. The van der Waals surface area contributed by atoms with Crippen LogP contribution >= 0.6 is 15.9 Å². The number of fused-ring (bicyclic) bond motifs is 1. The summed E-state index contributed by atoms with van der Waals surface area (Å²) in [6.07, 6.45) is 2.11. The highest BCUT2D eigenvalue weighted by atomic mass is 79.9. The Morgan fingerprint density at radius 3 is 2.68 bits per heavy atom. The zero-order chi connectivity index (χ0) is 13.6. The van der Waals surface area contributed by atoms with Gasteiger partial charge in [0.1, 0.15) is 16.1 Å². The van der Waals surface area contributed by atoms with Crippen LogP contribution in [0.4, 0.5) is 0 Å². The summed E-state index contributed by atoms with van der Waals surface area (Å²) in [5, 5.41) is 1.20. The summed E-state index contributed by atoms with van der Waals surface area (Å²) in [6, 6.07) is 8.32. The van der Waals surface area contributed by atoms with Crippen molar-refractivity contribution in [3.8, 4) is 11.3 Å². The Labute approximate surface area is 120 Å².